The summed E-state index contributed by atoms with van der Waals surface area (Å²) in [6.45, 7) is 16.2. The molecule has 0 saturated carbocycles. The van der Waals surface area contributed by atoms with Crippen LogP contribution in [0.2, 0.25) is 0 Å². The highest BCUT2D eigenvalue weighted by atomic mass is 16.5. The minimum absolute atomic E-state index is 0.275. The molecule has 1 N–H and O–H groups in total. The first-order chi connectivity index (χ1) is 14.6. The van der Waals surface area contributed by atoms with E-state index in [1.807, 2.05) is 55.5 Å². The monoisotopic (exact) mass is 405 g/mol. The molecule has 0 amide bonds. The number of nitrogens with zero attached hydrogens (tertiary/aromatic N) is 1. The van der Waals surface area contributed by atoms with E-state index in [4.69, 9.17) is 4.74 Å². The standard InChI is InChI=1S/C27H35NO2/c1-5-9-12-22(6-2)15-16-25-13-10-11-14-27(25)30-21-26(29)20-28-18-17-23(7-3)24(8-4)19-28/h5-14,26,29H,2-4,15-21H2,1H3/b9-5-,22-12+. The summed E-state index contributed by atoms with van der Waals surface area (Å²) in [6.07, 6.45) is 14.0. The lowest BCUT2D eigenvalue weighted by Gasteiger charge is -2.30. The second kappa shape index (κ2) is 12.8. The van der Waals surface area contributed by atoms with Crippen molar-refractivity contribution < 1.29 is 9.84 Å². The van der Waals surface area contributed by atoms with Crippen molar-refractivity contribution in [2.75, 3.05) is 26.2 Å². The molecule has 3 heteroatoms. The van der Waals surface area contributed by atoms with Crippen LogP contribution in [0, 0.1) is 0 Å². The van der Waals surface area contributed by atoms with Gasteiger partial charge in [0.25, 0.3) is 0 Å². The maximum Gasteiger partial charge on any atom is 0.122 e. The number of aliphatic hydroxyl groups excluding tert-OH is 1. The molecular weight excluding hydrogens is 370 g/mol. The molecule has 160 valence electrons. The molecule has 30 heavy (non-hydrogen) atoms. The van der Waals surface area contributed by atoms with E-state index < -0.39 is 6.10 Å². The quantitative estimate of drug-likeness (QED) is 0.471. The van der Waals surface area contributed by atoms with Gasteiger partial charge in [-0.2, -0.15) is 0 Å². The number of aliphatic hydroxyl groups is 1. The van der Waals surface area contributed by atoms with Crippen molar-refractivity contribution in [3.05, 3.63) is 103 Å². The molecule has 0 bridgehead atoms. The van der Waals surface area contributed by atoms with Gasteiger partial charge in [0, 0.05) is 19.6 Å². The Hall–Kier alpha value is -2.62. The molecule has 0 radical (unpaired) electrons. The first-order valence-corrected chi connectivity index (χ1v) is 10.6. The van der Waals surface area contributed by atoms with Crippen molar-refractivity contribution in [2.45, 2.75) is 32.3 Å². The number of benzene rings is 1. The van der Waals surface area contributed by atoms with Gasteiger partial charge in [0.05, 0.1) is 0 Å². The summed E-state index contributed by atoms with van der Waals surface area (Å²) in [6, 6.07) is 8.05. The summed E-state index contributed by atoms with van der Waals surface area (Å²) >= 11 is 0. The van der Waals surface area contributed by atoms with Crippen LogP contribution in [0.4, 0.5) is 0 Å². The molecule has 1 aliphatic rings. The first kappa shape index (κ1) is 23.7. The predicted molar refractivity (Wildman–Crippen MR) is 128 cm³/mol. The van der Waals surface area contributed by atoms with Gasteiger partial charge in [-0.3, -0.25) is 4.90 Å². The summed E-state index contributed by atoms with van der Waals surface area (Å²) in [5.41, 5.74) is 4.78. The molecule has 0 spiro atoms. The number of β-amino-alcohol motifs (C(OH)–C–C–N with tert-alkyl or cyclic N) is 1. The fourth-order valence-electron chi connectivity index (χ4n) is 3.59. The van der Waals surface area contributed by atoms with Gasteiger partial charge in [-0.1, -0.05) is 74.4 Å². The van der Waals surface area contributed by atoms with Crippen LogP contribution >= 0.6 is 0 Å². The SMILES string of the molecule is C=CC1=C(C=C)CN(CC(O)COc2ccccc2CC/C(C=C)=C/C=C\C)CC1. The highest BCUT2D eigenvalue weighted by Gasteiger charge is 2.19. The van der Waals surface area contributed by atoms with Gasteiger partial charge in [-0.25, -0.2) is 0 Å². The Morgan fingerprint density at radius 3 is 2.67 bits per heavy atom. The third-order valence-electron chi connectivity index (χ3n) is 5.32. The zero-order valence-corrected chi connectivity index (χ0v) is 18.2. The zero-order chi connectivity index (χ0) is 21.8. The van der Waals surface area contributed by atoms with E-state index in [0.29, 0.717) is 6.54 Å². The highest BCUT2D eigenvalue weighted by molar-refractivity contribution is 5.35. The fraction of sp³-hybridized carbons (Fsp3) is 0.333. The molecule has 1 aromatic carbocycles. The van der Waals surface area contributed by atoms with Crippen LogP contribution in [0.5, 0.6) is 5.75 Å². The minimum atomic E-state index is -0.548. The van der Waals surface area contributed by atoms with Crippen molar-refractivity contribution in [1.82, 2.24) is 4.90 Å². The van der Waals surface area contributed by atoms with Gasteiger partial charge in [-0.05, 0) is 54.5 Å². The lowest BCUT2D eigenvalue weighted by atomic mass is 10.00. The molecule has 1 heterocycles. The van der Waals surface area contributed by atoms with Crippen LogP contribution in [0.25, 0.3) is 0 Å². The van der Waals surface area contributed by atoms with E-state index in [2.05, 4.69) is 36.8 Å². The third kappa shape index (κ3) is 7.33. The van der Waals surface area contributed by atoms with Crippen LogP contribution in [-0.2, 0) is 6.42 Å². The fourth-order valence-corrected chi connectivity index (χ4v) is 3.59. The molecule has 0 aliphatic carbocycles. The van der Waals surface area contributed by atoms with Crippen LogP contribution in [0.15, 0.2) is 97.2 Å². The molecule has 0 aromatic heterocycles. The number of hydrogen-bond donors (Lipinski definition) is 1. The van der Waals surface area contributed by atoms with E-state index in [1.165, 1.54) is 16.7 Å². The Kier molecular flexibility index (Phi) is 10.1. The highest BCUT2D eigenvalue weighted by Crippen LogP contribution is 2.23. The largest absolute Gasteiger partial charge is 0.491 e. The molecule has 1 unspecified atom stereocenters. The second-order valence-corrected chi connectivity index (χ2v) is 7.49. The van der Waals surface area contributed by atoms with E-state index in [0.717, 1.165) is 43.7 Å². The van der Waals surface area contributed by atoms with Gasteiger partial charge < -0.3 is 9.84 Å². The molecule has 0 fully saturated rings. The van der Waals surface area contributed by atoms with Crippen molar-refractivity contribution >= 4 is 0 Å². The van der Waals surface area contributed by atoms with Gasteiger partial charge in [-0.15, -0.1) is 0 Å². The van der Waals surface area contributed by atoms with Crippen molar-refractivity contribution in [1.29, 1.82) is 0 Å². The molecule has 0 saturated heterocycles. The predicted octanol–water partition coefficient (Wildman–Crippen LogP) is 5.42. The Bertz CT molecular complexity index is 816. The molecule has 1 aromatic rings. The van der Waals surface area contributed by atoms with Crippen molar-refractivity contribution in [3.63, 3.8) is 0 Å². The zero-order valence-electron chi connectivity index (χ0n) is 18.2. The minimum Gasteiger partial charge on any atom is -0.491 e. The van der Waals surface area contributed by atoms with Crippen LogP contribution in [0.3, 0.4) is 0 Å². The van der Waals surface area contributed by atoms with Crippen LogP contribution in [0.1, 0.15) is 25.3 Å². The van der Waals surface area contributed by atoms with E-state index >= 15 is 0 Å². The van der Waals surface area contributed by atoms with Gasteiger partial charge in [0.15, 0.2) is 0 Å². The number of aryl methyl sites for hydroxylation is 1. The van der Waals surface area contributed by atoms with Crippen molar-refractivity contribution in [3.8, 4) is 5.75 Å². The number of allylic oxidation sites excluding steroid dienone is 6. The second-order valence-electron chi connectivity index (χ2n) is 7.49. The number of para-hydroxylation sites is 1. The Labute approximate surface area is 182 Å². The number of hydrogen-bond acceptors (Lipinski definition) is 3. The summed E-state index contributed by atoms with van der Waals surface area (Å²) in [7, 11) is 0. The van der Waals surface area contributed by atoms with E-state index in [1.54, 1.807) is 0 Å². The van der Waals surface area contributed by atoms with E-state index in [-0.39, 0.29) is 6.61 Å². The van der Waals surface area contributed by atoms with Crippen LogP contribution in [-0.4, -0.2) is 42.4 Å². The molecule has 2 rings (SSSR count). The summed E-state index contributed by atoms with van der Waals surface area (Å²) in [5, 5.41) is 10.5. The summed E-state index contributed by atoms with van der Waals surface area (Å²) in [5.74, 6) is 0.838. The number of rotatable bonds is 12. The van der Waals surface area contributed by atoms with Gasteiger partial charge in [0.1, 0.15) is 18.5 Å². The Morgan fingerprint density at radius 1 is 1.20 bits per heavy atom. The van der Waals surface area contributed by atoms with Gasteiger partial charge in [0.2, 0.25) is 0 Å². The van der Waals surface area contributed by atoms with Crippen LogP contribution < -0.4 is 4.74 Å². The van der Waals surface area contributed by atoms with Crippen molar-refractivity contribution in [2.24, 2.45) is 0 Å². The molecule has 3 nitrogen and oxygen atoms in total. The average Bonchev–Trinajstić information content (AvgIpc) is 2.78. The maximum absolute atomic E-state index is 10.5. The lowest BCUT2D eigenvalue weighted by molar-refractivity contribution is 0.0699. The normalized spacial score (nSPS) is 16.5. The lowest BCUT2D eigenvalue weighted by Crippen LogP contribution is -2.39. The molecule has 1 atom stereocenters. The maximum atomic E-state index is 10.5. The topological polar surface area (TPSA) is 32.7 Å². The summed E-state index contributed by atoms with van der Waals surface area (Å²) in [4.78, 5) is 2.24. The Morgan fingerprint density at radius 2 is 1.97 bits per heavy atom. The average molecular weight is 406 g/mol. The first-order valence-electron chi connectivity index (χ1n) is 10.6. The third-order valence-corrected chi connectivity index (χ3v) is 5.32. The molecular formula is C27H35NO2. The van der Waals surface area contributed by atoms with E-state index in [9.17, 15) is 5.11 Å². The smallest absolute Gasteiger partial charge is 0.122 e. The summed E-state index contributed by atoms with van der Waals surface area (Å²) < 4.78 is 6.00. The molecule has 1 aliphatic heterocycles. The van der Waals surface area contributed by atoms with Gasteiger partial charge >= 0.3 is 0 Å². The number of ether oxygens (including phenoxy) is 1. The Balaban J connectivity index is 1.90.